The van der Waals surface area contributed by atoms with Crippen LogP contribution in [0.15, 0.2) is 36.4 Å². The van der Waals surface area contributed by atoms with Crippen LogP contribution < -0.4 is 14.8 Å². The maximum absolute atomic E-state index is 13.0. The zero-order valence-electron chi connectivity index (χ0n) is 14.4. The van der Waals surface area contributed by atoms with Gasteiger partial charge in [-0.1, -0.05) is 35.3 Å². The lowest BCUT2D eigenvalue weighted by molar-refractivity contribution is -0.131. The lowest BCUT2D eigenvalue weighted by atomic mass is 9.92. The Morgan fingerprint density at radius 3 is 2.67 bits per heavy atom. The van der Waals surface area contributed by atoms with Crippen LogP contribution in [0.3, 0.4) is 0 Å². The van der Waals surface area contributed by atoms with Gasteiger partial charge >= 0.3 is 6.03 Å². The molecule has 0 saturated carbocycles. The highest BCUT2D eigenvalue weighted by Gasteiger charge is 2.47. The molecule has 6 nitrogen and oxygen atoms in total. The topological polar surface area (TPSA) is 67.9 Å². The number of imide groups is 1. The van der Waals surface area contributed by atoms with Crippen molar-refractivity contribution in [2.45, 2.75) is 25.4 Å². The number of benzene rings is 2. The van der Waals surface area contributed by atoms with Gasteiger partial charge in [0.2, 0.25) is 6.79 Å². The molecule has 27 heavy (non-hydrogen) atoms. The molecule has 0 unspecified atom stereocenters. The first kappa shape index (κ1) is 17.9. The van der Waals surface area contributed by atoms with Crippen molar-refractivity contribution in [1.82, 2.24) is 10.2 Å². The van der Waals surface area contributed by atoms with E-state index in [9.17, 15) is 9.59 Å². The molecule has 8 heteroatoms. The van der Waals surface area contributed by atoms with Crippen LogP contribution in [-0.4, -0.2) is 29.2 Å². The van der Waals surface area contributed by atoms with Crippen molar-refractivity contribution in [3.8, 4) is 11.5 Å². The Kier molecular flexibility index (Phi) is 4.40. The molecule has 2 aliphatic heterocycles. The number of hydrogen-bond acceptors (Lipinski definition) is 4. The van der Waals surface area contributed by atoms with Crippen LogP contribution in [-0.2, 0) is 17.8 Å². The third-order valence-corrected chi connectivity index (χ3v) is 5.27. The number of halogens is 2. The molecule has 3 amide bonds. The monoisotopic (exact) mass is 406 g/mol. The van der Waals surface area contributed by atoms with E-state index < -0.39 is 11.6 Å². The van der Waals surface area contributed by atoms with E-state index in [0.29, 0.717) is 33.5 Å². The quantitative estimate of drug-likeness (QED) is 0.784. The van der Waals surface area contributed by atoms with Crippen molar-refractivity contribution >= 4 is 35.1 Å². The zero-order valence-corrected chi connectivity index (χ0v) is 15.9. The van der Waals surface area contributed by atoms with Crippen molar-refractivity contribution in [3.05, 3.63) is 57.6 Å². The van der Waals surface area contributed by atoms with Crippen molar-refractivity contribution in [3.63, 3.8) is 0 Å². The van der Waals surface area contributed by atoms with Crippen LogP contribution in [0, 0.1) is 0 Å². The molecular formula is C19H16Cl2N2O4. The molecule has 1 atom stereocenters. The van der Waals surface area contributed by atoms with Gasteiger partial charge in [-0.15, -0.1) is 0 Å². The molecular weight excluding hydrogens is 391 g/mol. The molecule has 1 fully saturated rings. The highest BCUT2D eigenvalue weighted by atomic mass is 35.5. The maximum Gasteiger partial charge on any atom is 0.325 e. The fourth-order valence-corrected chi connectivity index (χ4v) is 3.76. The summed E-state index contributed by atoms with van der Waals surface area (Å²) in [5.74, 6) is 0.999. The SMILES string of the molecule is C[C@]1(Cc2ccc3c(c2)OCO3)NC(=O)N(Cc2ccc(Cl)cc2Cl)C1=O. The van der Waals surface area contributed by atoms with Crippen LogP contribution in [0.1, 0.15) is 18.1 Å². The van der Waals surface area contributed by atoms with E-state index in [4.69, 9.17) is 32.7 Å². The lowest BCUT2D eigenvalue weighted by Gasteiger charge is -2.22. The molecule has 0 aliphatic carbocycles. The predicted octanol–water partition coefficient (Wildman–Crippen LogP) is 3.78. The number of ether oxygens (including phenoxy) is 2. The summed E-state index contributed by atoms with van der Waals surface area (Å²) in [4.78, 5) is 26.6. The van der Waals surface area contributed by atoms with E-state index in [1.165, 1.54) is 4.90 Å². The number of carbonyl (C=O) groups excluding carboxylic acids is 2. The number of nitrogens with one attached hydrogen (secondary N) is 1. The highest BCUT2D eigenvalue weighted by molar-refractivity contribution is 6.35. The lowest BCUT2D eigenvalue weighted by Crippen LogP contribution is -2.45. The van der Waals surface area contributed by atoms with Crippen molar-refractivity contribution < 1.29 is 19.1 Å². The second kappa shape index (κ2) is 6.62. The Bertz CT molecular complexity index is 949. The summed E-state index contributed by atoms with van der Waals surface area (Å²) in [6.07, 6.45) is 0.332. The fraction of sp³-hybridized carbons (Fsp3) is 0.263. The number of urea groups is 1. The molecule has 0 radical (unpaired) electrons. The van der Waals surface area contributed by atoms with Gasteiger partial charge in [-0.3, -0.25) is 9.69 Å². The molecule has 4 rings (SSSR count). The van der Waals surface area contributed by atoms with Crippen molar-refractivity contribution in [1.29, 1.82) is 0 Å². The average molecular weight is 407 g/mol. The van der Waals surface area contributed by atoms with Crippen LogP contribution in [0.2, 0.25) is 10.0 Å². The van der Waals surface area contributed by atoms with Gasteiger partial charge in [-0.25, -0.2) is 4.79 Å². The van der Waals surface area contributed by atoms with Gasteiger partial charge in [-0.05, 0) is 42.3 Å². The molecule has 2 aromatic rings. The van der Waals surface area contributed by atoms with Crippen LogP contribution in [0.5, 0.6) is 11.5 Å². The number of rotatable bonds is 4. The van der Waals surface area contributed by atoms with Gasteiger partial charge < -0.3 is 14.8 Å². The number of carbonyl (C=O) groups is 2. The summed E-state index contributed by atoms with van der Waals surface area (Å²) in [6, 6.07) is 10.00. The fourth-order valence-electron chi connectivity index (χ4n) is 3.29. The smallest absolute Gasteiger partial charge is 0.325 e. The Balaban J connectivity index is 1.54. The third kappa shape index (κ3) is 3.31. The van der Waals surface area contributed by atoms with Gasteiger partial charge in [0.15, 0.2) is 11.5 Å². The van der Waals surface area contributed by atoms with E-state index in [-0.39, 0.29) is 19.2 Å². The van der Waals surface area contributed by atoms with Gasteiger partial charge in [0.1, 0.15) is 5.54 Å². The maximum atomic E-state index is 13.0. The summed E-state index contributed by atoms with van der Waals surface area (Å²) >= 11 is 12.1. The Hall–Kier alpha value is -2.44. The highest BCUT2D eigenvalue weighted by Crippen LogP contribution is 2.34. The minimum atomic E-state index is -1.05. The minimum Gasteiger partial charge on any atom is -0.454 e. The third-order valence-electron chi connectivity index (χ3n) is 4.68. The van der Waals surface area contributed by atoms with Crippen LogP contribution >= 0.6 is 23.2 Å². The molecule has 0 bridgehead atoms. The van der Waals surface area contributed by atoms with E-state index in [1.807, 2.05) is 12.1 Å². The molecule has 2 aliphatic rings. The summed E-state index contributed by atoms with van der Waals surface area (Å²) in [5.41, 5.74) is 0.461. The first-order chi connectivity index (χ1) is 12.9. The minimum absolute atomic E-state index is 0.0808. The largest absolute Gasteiger partial charge is 0.454 e. The molecule has 1 saturated heterocycles. The van der Waals surface area contributed by atoms with Gasteiger partial charge in [0.05, 0.1) is 6.54 Å². The molecule has 2 heterocycles. The number of hydrogen-bond donors (Lipinski definition) is 1. The predicted molar refractivity (Wildman–Crippen MR) is 100 cm³/mol. The molecule has 0 spiro atoms. The molecule has 0 aromatic heterocycles. The average Bonchev–Trinajstić information content (AvgIpc) is 3.15. The second-order valence-corrected chi connectivity index (χ2v) is 7.60. The van der Waals surface area contributed by atoms with Gasteiger partial charge in [-0.2, -0.15) is 0 Å². The van der Waals surface area contributed by atoms with E-state index in [2.05, 4.69) is 5.32 Å². The van der Waals surface area contributed by atoms with Gasteiger partial charge in [0, 0.05) is 16.5 Å². The Morgan fingerprint density at radius 1 is 1.11 bits per heavy atom. The number of fused-ring (bicyclic) bond motifs is 1. The van der Waals surface area contributed by atoms with Crippen LogP contribution in [0.4, 0.5) is 4.79 Å². The first-order valence-corrected chi connectivity index (χ1v) is 9.08. The molecule has 140 valence electrons. The zero-order chi connectivity index (χ0) is 19.2. The number of nitrogens with zero attached hydrogens (tertiary/aromatic N) is 1. The van der Waals surface area contributed by atoms with Crippen LogP contribution in [0.25, 0.3) is 0 Å². The Morgan fingerprint density at radius 2 is 1.89 bits per heavy atom. The van der Waals surface area contributed by atoms with E-state index >= 15 is 0 Å². The first-order valence-electron chi connectivity index (χ1n) is 8.32. The van der Waals surface area contributed by atoms with E-state index in [1.54, 1.807) is 31.2 Å². The Labute approximate surface area is 165 Å². The molecule has 2 aromatic carbocycles. The van der Waals surface area contributed by atoms with Crippen molar-refractivity contribution in [2.75, 3.05) is 6.79 Å². The summed E-state index contributed by atoms with van der Waals surface area (Å²) < 4.78 is 10.7. The van der Waals surface area contributed by atoms with E-state index in [0.717, 1.165) is 5.56 Å². The number of amides is 3. The standard InChI is InChI=1S/C19H16Cl2N2O4/c1-19(8-11-2-5-15-16(6-11)27-10-26-15)17(24)23(18(25)22-19)9-12-3-4-13(20)7-14(12)21/h2-7H,8-10H2,1H3,(H,22,25)/t19-/m1/s1. The van der Waals surface area contributed by atoms with Gasteiger partial charge in [0.25, 0.3) is 5.91 Å². The van der Waals surface area contributed by atoms with Crippen molar-refractivity contribution in [2.24, 2.45) is 0 Å². The summed E-state index contributed by atoms with van der Waals surface area (Å²) in [6.45, 7) is 1.97. The normalized spacial score (nSPS) is 20.9. The summed E-state index contributed by atoms with van der Waals surface area (Å²) in [7, 11) is 0. The summed E-state index contributed by atoms with van der Waals surface area (Å²) in [5, 5.41) is 3.70. The second-order valence-electron chi connectivity index (χ2n) is 6.75. The molecule has 1 N–H and O–H groups in total.